The monoisotopic (exact) mass is 313 g/mol. The molecule has 3 rings (SSSR count). The zero-order chi connectivity index (χ0) is 14.5. The van der Waals surface area contributed by atoms with Crippen LogP contribution in [0.3, 0.4) is 0 Å². The van der Waals surface area contributed by atoms with Gasteiger partial charge in [-0.1, -0.05) is 66.4 Å². The van der Waals surface area contributed by atoms with Crippen molar-refractivity contribution in [3.05, 3.63) is 71.1 Å². The molecule has 0 radical (unpaired) electrons. The van der Waals surface area contributed by atoms with E-state index in [1.54, 1.807) is 23.1 Å². The lowest BCUT2D eigenvalue weighted by atomic mass is 10.2. The van der Waals surface area contributed by atoms with Crippen LogP contribution in [-0.4, -0.2) is 10.1 Å². The van der Waals surface area contributed by atoms with Gasteiger partial charge in [-0.05, 0) is 11.1 Å². The molecule has 2 nitrogen and oxygen atoms in total. The third kappa shape index (κ3) is 3.73. The standard InChI is InChI=1S/C17H15NOS2/c19-10-13-6-8-14(9-7-13)11-20-17-18-16(12-21-17)15-4-2-1-3-5-15/h1-9,12,19H,10-11H2. The van der Waals surface area contributed by atoms with Gasteiger partial charge in [-0.3, -0.25) is 0 Å². The Bertz CT molecular complexity index is 692. The zero-order valence-electron chi connectivity index (χ0n) is 11.4. The maximum atomic E-state index is 9.03. The van der Waals surface area contributed by atoms with Crippen molar-refractivity contribution in [3.63, 3.8) is 0 Å². The minimum atomic E-state index is 0.0976. The highest BCUT2D eigenvalue weighted by Gasteiger charge is 2.05. The van der Waals surface area contributed by atoms with Gasteiger partial charge in [0.05, 0.1) is 12.3 Å². The number of aliphatic hydroxyl groups is 1. The summed E-state index contributed by atoms with van der Waals surface area (Å²) in [5.41, 5.74) is 4.39. The minimum absolute atomic E-state index is 0.0976. The highest BCUT2D eigenvalue weighted by atomic mass is 32.2. The summed E-state index contributed by atoms with van der Waals surface area (Å²) in [7, 11) is 0. The fraction of sp³-hybridized carbons (Fsp3) is 0.118. The number of nitrogens with zero attached hydrogens (tertiary/aromatic N) is 1. The van der Waals surface area contributed by atoms with E-state index in [0.717, 1.165) is 26.9 Å². The summed E-state index contributed by atoms with van der Waals surface area (Å²) >= 11 is 3.43. The van der Waals surface area contributed by atoms with E-state index in [9.17, 15) is 0 Å². The Labute approximate surface area is 132 Å². The van der Waals surface area contributed by atoms with Crippen LogP contribution >= 0.6 is 23.1 Å². The molecule has 1 N–H and O–H groups in total. The van der Waals surface area contributed by atoms with Gasteiger partial charge in [-0.25, -0.2) is 4.98 Å². The Morgan fingerprint density at radius 2 is 1.67 bits per heavy atom. The number of thioether (sulfide) groups is 1. The van der Waals surface area contributed by atoms with Crippen molar-refractivity contribution < 1.29 is 5.11 Å². The van der Waals surface area contributed by atoms with Crippen molar-refractivity contribution in [1.82, 2.24) is 4.98 Å². The van der Waals surface area contributed by atoms with Crippen LogP contribution in [0.25, 0.3) is 11.3 Å². The second-order valence-electron chi connectivity index (χ2n) is 4.63. The van der Waals surface area contributed by atoms with Gasteiger partial charge in [0.1, 0.15) is 0 Å². The maximum absolute atomic E-state index is 9.03. The smallest absolute Gasteiger partial charge is 0.150 e. The van der Waals surface area contributed by atoms with E-state index < -0.39 is 0 Å². The Morgan fingerprint density at radius 1 is 0.952 bits per heavy atom. The average molecular weight is 313 g/mol. The molecule has 4 heteroatoms. The molecule has 1 heterocycles. The number of benzene rings is 2. The molecule has 0 atom stereocenters. The molecular formula is C17H15NOS2. The highest BCUT2D eigenvalue weighted by molar-refractivity contribution is 8.00. The van der Waals surface area contributed by atoms with E-state index in [2.05, 4.69) is 34.6 Å². The summed E-state index contributed by atoms with van der Waals surface area (Å²) in [5.74, 6) is 0.896. The quantitative estimate of drug-likeness (QED) is 0.699. The fourth-order valence-corrected chi connectivity index (χ4v) is 3.74. The molecule has 0 saturated carbocycles. The number of rotatable bonds is 5. The topological polar surface area (TPSA) is 33.1 Å². The van der Waals surface area contributed by atoms with Crippen molar-refractivity contribution >= 4 is 23.1 Å². The molecular weight excluding hydrogens is 298 g/mol. The first-order valence-electron chi connectivity index (χ1n) is 6.67. The molecule has 2 aromatic carbocycles. The lowest BCUT2D eigenvalue weighted by molar-refractivity contribution is 0.282. The average Bonchev–Trinajstić information content (AvgIpc) is 3.03. The van der Waals surface area contributed by atoms with Gasteiger partial charge >= 0.3 is 0 Å². The largest absolute Gasteiger partial charge is 0.392 e. The van der Waals surface area contributed by atoms with Crippen LogP contribution in [-0.2, 0) is 12.4 Å². The van der Waals surface area contributed by atoms with Crippen molar-refractivity contribution in [2.45, 2.75) is 16.7 Å². The molecule has 0 saturated heterocycles. The van der Waals surface area contributed by atoms with Crippen LogP contribution in [0.15, 0.2) is 64.3 Å². The van der Waals surface area contributed by atoms with E-state index in [-0.39, 0.29) is 6.61 Å². The molecule has 0 fully saturated rings. The number of hydrogen-bond acceptors (Lipinski definition) is 4. The Balaban J connectivity index is 1.64. The number of aliphatic hydroxyl groups excluding tert-OH is 1. The summed E-state index contributed by atoms with van der Waals surface area (Å²) < 4.78 is 1.08. The number of hydrogen-bond donors (Lipinski definition) is 1. The van der Waals surface area contributed by atoms with E-state index in [0.29, 0.717) is 0 Å². The molecule has 0 unspecified atom stereocenters. The molecule has 3 aromatic rings. The highest BCUT2D eigenvalue weighted by Crippen LogP contribution is 2.30. The molecule has 0 aliphatic rings. The lowest BCUT2D eigenvalue weighted by Crippen LogP contribution is -1.85. The molecule has 0 bridgehead atoms. The molecule has 21 heavy (non-hydrogen) atoms. The summed E-state index contributed by atoms with van der Waals surface area (Å²) in [4.78, 5) is 4.67. The number of thiazole rings is 1. The van der Waals surface area contributed by atoms with Crippen LogP contribution in [0.4, 0.5) is 0 Å². The van der Waals surface area contributed by atoms with Gasteiger partial charge < -0.3 is 5.11 Å². The lowest BCUT2D eigenvalue weighted by Gasteiger charge is -2.01. The predicted molar refractivity (Wildman–Crippen MR) is 89.5 cm³/mol. The summed E-state index contributed by atoms with van der Waals surface area (Å²) in [6.07, 6.45) is 0. The van der Waals surface area contributed by atoms with Crippen molar-refractivity contribution in [3.8, 4) is 11.3 Å². The minimum Gasteiger partial charge on any atom is -0.392 e. The molecule has 1 aromatic heterocycles. The first-order chi connectivity index (χ1) is 10.3. The first-order valence-corrected chi connectivity index (χ1v) is 8.54. The van der Waals surface area contributed by atoms with Gasteiger partial charge in [0.15, 0.2) is 4.34 Å². The normalized spacial score (nSPS) is 10.7. The SMILES string of the molecule is OCc1ccc(CSc2nc(-c3ccccc3)cs2)cc1. The van der Waals surface area contributed by atoms with Gasteiger partial charge in [0.2, 0.25) is 0 Å². The van der Waals surface area contributed by atoms with Gasteiger partial charge in [-0.2, -0.15) is 0 Å². The van der Waals surface area contributed by atoms with Gasteiger partial charge in [0.25, 0.3) is 0 Å². The molecule has 0 aliphatic heterocycles. The van der Waals surface area contributed by atoms with Crippen LogP contribution in [0.1, 0.15) is 11.1 Å². The first kappa shape index (κ1) is 14.3. The predicted octanol–water partition coefficient (Wildman–Crippen LogP) is 4.59. The van der Waals surface area contributed by atoms with E-state index in [1.807, 2.05) is 30.3 Å². The number of aromatic nitrogens is 1. The van der Waals surface area contributed by atoms with Gasteiger partial charge in [-0.15, -0.1) is 11.3 Å². The third-order valence-corrected chi connectivity index (χ3v) is 5.21. The van der Waals surface area contributed by atoms with Crippen LogP contribution in [0.5, 0.6) is 0 Å². The van der Waals surface area contributed by atoms with Gasteiger partial charge in [0, 0.05) is 16.7 Å². The van der Waals surface area contributed by atoms with Crippen molar-refractivity contribution in [2.75, 3.05) is 0 Å². The van der Waals surface area contributed by atoms with Crippen LogP contribution in [0, 0.1) is 0 Å². The third-order valence-electron chi connectivity index (χ3n) is 3.12. The fourth-order valence-electron chi connectivity index (χ4n) is 1.95. The molecule has 106 valence electrons. The van der Waals surface area contributed by atoms with Crippen molar-refractivity contribution in [1.29, 1.82) is 0 Å². The Morgan fingerprint density at radius 3 is 2.38 bits per heavy atom. The summed E-state index contributed by atoms with van der Waals surface area (Å²) in [5, 5.41) is 11.1. The summed E-state index contributed by atoms with van der Waals surface area (Å²) in [6, 6.07) is 18.3. The maximum Gasteiger partial charge on any atom is 0.150 e. The second-order valence-corrected chi connectivity index (χ2v) is 6.71. The molecule has 0 spiro atoms. The van der Waals surface area contributed by atoms with E-state index in [1.165, 1.54) is 5.56 Å². The van der Waals surface area contributed by atoms with E-state index >= 15 is 0 Å². The summed E-state index contributed by atoms with van der Waals surface area (Å²) in [6.45, 7) is 0.0976. The Hall–Kier alpha value is -1.62. The molecule has 0 aliphatic carbocycles. The van der Waals surface area contributed by atoms with Crippen molar-refractivity contribution in [2.24, 2.45) is 0 Å². The zero-order valence-corrected chi connectivity index (χ0v) is 13.0. The second kappa shape index (κ2) is 6.89. The van der Waals surface area contributed by atoms with E-state index in [4.69, 9.17) is 5.11 Å². The van der Waals surface area contributed by atoms with Crippen LogP contribution < -0.4 is 0 Å². The Kier molecular flexibility index (Phi) is 4.70. The van der Waals surface area contributed by atoms with Crippen LogP contribution in [0.2, 0.25) is 0 Å². The molecule has 0 amide bonds.